The van der Waals surface area contributed by atoms with E-state index in [1.54, 1.807) is 54.1 Å². The molecule has 4 atom stereocenters. The molecule has 0 saturated carbocycles. The van der Waals surface area contributed by atoms with E-state index in [1.807, 2.05) is 27.7 Å². The molecule has 0 fully saturated rings. The Bertz CT molecular complexity index is 1210. The lowest BCUT2D eigenvalue weighted by molar-refractivity contribution is -0.0122. The summed E-state index contributed by atoms with van der Waals surface area (Å²) in [6, 6.07) is 7.56. The van der Waals surface area contributed by atoms with Crippen molar-refractivity contribution in [1.82, 2.24) is 20.1 Å². The Morgan fingerprint density at radius 2 is 1.86 bits per heavy atom. The number of hydrogen-bond acceptors (Lipinski definition) is 7. The second-order valence-corrected chi connectivity index (χ2v) is 11.7. The molecule has 2 heterocycles. The molecule has 236 valence electrons. The number of aliphatic hydroxyl groups excluding tert-OH is 1. The molecule has 0 bridgehead atoms. The van der Waals surface area contributed by atoms with Gasteiger partial charge in [0.05, 0.1) is 30.4 Å². The van der Waals surface area contributed by atoms with Gasteiger partial charge < -0.3 is 35.0 Å². The minimum Gasteiger partial charge on any atom is -0.490 e. The van der Waals surface area contributed by atoms with Gasteiger partial charge in [0.1, 0.15) is 5.75 Å². The number of nitrogens with one attached hydrogen (secondary N) is 2. The Morgan fingerprint density at radius 3 is 2.53 bits per heavy atom. The van der Waals surface area contributed by atoms with Crippen molar-refractivity contribution in [2.75, 3.05) is 38.7 Å². The number of hydrogen-bond donors (Lipinski definition) is 3. The molecule has 11 nitrogen and oxygen atoms in total. The SMILES string of the molecule is CC(C)NC(=O)N(C)C[C@H]1OCCCC[C@@H](C)Oc2ccc(NC(=O)c3ccncc3)cc2C(=O)N([C@H](C)CO)C[C@H]1C. The first kappa shape index (κ1) is 33.8. The number of amides is 4. The van der Waals surface area contributed by atoms with Crippen LogP contribution in [0.25, 0.3) is 0 Å². The number of fused-ring (bicyclic) bond motifs is 1. The molecule has 0 radical (unpaired) electrons. The maximum Gasteiger partial charge on any atom is 0.317 e. The number of ether oxygens (including phenoxy) is 2. The molecular formula is C32H47N5O6. The second-order valence-electron chi connectivity index (χ2n) is 11.7. The molecule has 11 heteroatoms. The maximum absolute atomic E-state index is 14.2. The number of carbonyl (C=O) groups excluding carboxylic acids is 3. The number of likely N-dealkylation sites (N-methyl/N-ethyl adjacent to an activating group) is 1. The first-order chi connectivity index (χ1) is 20.5. The van der Waals surface area contributed by atoms with E-state index in [4.69, 9.17) is 9.47 Å². The van der Waals surface area contributed by atoms with E-state index >= 15 is 0 Å². The zero-order chi connectivity index (χ0) is 31.5. The standard InChI is InChI=1S/C32H47N5O6/c1-21(2)34-32(41)36(6)19-29-22(3)18-37(23(4)20-38)31(40)27-17-26(35-30(39)25-12-14-33-15-13-25)10-11-28(27)43-24(5)9-7-8-16-42-29/h10-15,17,21-24,29,38H,7-9,16,18-20H2,1-6H3,(H,34,41)(H,35,39)/t22-,23-,24-,29-/m1/s1. The summed E-state index contributed by atoms with van der Waals surface area (Å²) in [6.45, 7) is 10.4. The highest BCUT2D eigenvalue weighted by atomic mass is 16.5. The number of aliphatic hydroxyl groups is 1. The first-order valence-corrected chi connectivity index (χ1v) is 15.1. The molecule has 3 N–H and O–H groups in total. The Kier molecular flexibility index (Phi) is 12.8. The number of benzene rings is 1. The predicted octanol–water partition coefficient (Wildman–Crippen LogP) is 4.18. The number of aromatic nitrogens is 1. The fourth-order valence-corrected chi connectivity index (χ4v) is 4.88. The van der Waals surface area contributed by atoms with Gasteiger partial charge in [-0.3, -0.25) is 14.6 Å². The van der Waals surface area contributed by atoms with Crippen molar-refractivity contribution in [2.24, 2.45) is 5.92 Å². The van der Waals surface area contributed by atoms with Crippen LogP contribution in [0, 0.1) is 5.92 Å². The zero-order valence-corrected chi connectivity index (χ0v) is 26.2. The average molecular weight is 598 g/mol. The number of nitrogens with zero attached hydrogens (tertiary/aromatic N) is 3. The maximum atomic E-state index is 14.2. The fourth-order valence-electron chi connectivity index (χ4n) is 4.88. The van der Waals surface area contributed by atoms with E-state index < -0.39 is 6.04 Å². The molecule has 0 spiro atoms. The van der Waals surface area contributed by atoms with Gasteiger partial charge in [0.25, 0.3) is 11.8 Å². The zero-order valence-electron chi connectivity index (χ0n) is 26.2. The van der Waals surface area contributed by atoms with Crippen molar-refractivity contribution < 1.29 is 29.0 Å². The average Bonchev–Trinajstić information content (AvgIpc) is 2.98. The summed E-state index contributed by atoms with van der Waals surface area (Å²) < 4.78 is 12.6. The Labute approximate surface area is 254 Å². The molecule has 1 aromatic carbocycles. The fraction of sp³-hybridized carbons (Fsp3) is 0.562. The molecule has 1 aromatic heterocycles. The van der Waals surface area contributed by atoms with Crippen molar-refractivity contribution in [3.05, 3.63) is 53.9 Å². The monoisotopic (exact) mass is 597 g/mol. The number of anilines is 1. The van der Waals surface area contributed by atoms with E-state index in [0.717, 1.165) is 19.3 Å². The van der Waals surface area contributed by atoms with Gasteiger partial charge in [0.15, 0.2) is 0 Å². The Morgan fingerprint density at radius 1 is 1.14 bits per heavy atom. The van der Waals surface area contributed by atoms with E-state index in [-0.39, 0.29) is 60.7 Å². The van der Waals surface area contributed by atoms with Crippen molar-refractivity contribution >= 4 is 23.5 Å². The lowest BCUT2D eigenvalue weighted by Gasteiger charge is -2.36. The topological polar surface area (TPSA) is 133 Å². The smallest absolute Gasteiger partial charge is 0.317 e. The van der Waals surface area contributed by atoms with Crippen LogP contribution in [-0.2, 0) is 4.74 Å². The summed E-state index contributed by atoms with van der Waals surface area (Å²) in [5.41, 5.74) is 1.17. The highest BCUT2D eigenvalue weighted by Gasteiger charge is 2.31. The number of urea groups is 1. The molecule has 1 aliphatic heterocycles. The van der Waals surface area contributed by atoms with Crippen LogP contribution in [0.4, 0.5) is 10.5 Å². The van der Waals surface area contributed by atoms with Crippen LogP contribution in [0.15, 0.2) is 42.7 Å². The Hall–Kier alpha value is -3.70. The lowest BCUT2D eigenvalue weighted by Crippen LogP contribution is -2.49. The van der Waals surface area contributed by atoms with Crippen LogP contribution in [0.3, 0.4) is 0 Å². The van der Waals surface area contributed by atoms with Gasteiger partial charge in [0.2, 0.25) is 0 Å². The van der Waals surface area contributed by atoms with Crippen LogP contribution < -0.4 is 15.4 Å². The van der Waals surface area contributed by atoms with Crippen LogP contribution in [0.2, 0.25) is 0 Å². The van der Waals surface area contributed by atoms with E-state index in [0.29, 0.717) is 30.2 Å². The van der Waals surface area contributed by atoms with E-state index in [1.165, 1.54) is 12.4 Å². The first-order valence-electron chi connectivity index (χ1n) is 15.1. The van der Waals surface area contributed by atoms with Crippen molar-refractivity contribution in [2.45, 2.75) is 78.2 Å². The summed E-state index contributed by atoms with van der Waals surface area (Å²) in [5.74, 6) is -0.424. The largest absolute Gasteiger partial charge is 0.490 e. The van der Waals surface area contributed by atoms with Crippen LogP contribution in [0.5, 0.6) is 5.75 Å². The molecular weight excluding hydrogens is 550 g/mol. The minimum atomic E-state index is -0.509. The van der Waals surface area contributed by atoms with Crippen molar-refractivity contribution in [3.63, 3.8) is 0 Å². The molecule has 43 heavy (non-hydrogen) atoms. The molecule has 0 saturated heterocycles. The highest BCUT2D eigenvalue weighted by Crippen LogP contribution is 2.28. The lowest BCUT2D eigenvalue weighted by atomic mass is 10.0. The van der Waals surface area contributed by atoms with Crippen LogP contribution in [0.1, 0.15) is 74.6 Å². The van der Waals surface area contributed by atoms with Gasteiger partial charge in [-0.1, -0.05) is 6.92 Å². The summed E-state index contributed by atoms with van der Waals surface area (Å²) in [4.78, 5) is 46.9. The highest BCUT2D eigenvalue weighted by molar-refractivity contribution is 6.05. The van der Waals surface area contributed by atoms with E-state index in [9.17, 15) is 19.5 Å². The number of carbonyl (C=O) groups is 3. The summed E-state index contributed by atoms with van der Waals surface area (Å²) >= 11 is 0. The minimum absolute atomic E-state index is 0.000505. The third kappa shape index (κ3) is 9.93. The molecule has 1 aliphatic rings. The normalized spacial score (nSPS) is 20.8. The van der Waals surface area contributed by atoms with E-state index in [2.05, 4.69) is 15.6 Å². The molecule has 4 amide bonds. The summed E-state index contributed by atoms with van der Waals surface area (Å²) in [5, 5.41) is 15.9. The van der Waals surface area contributed by atoms with Gasteiger partial charge in [0, 0.05) is 62.3 Å². The van der Waals surface area contributed by atoms with Gasteiger partial charge in [-0.15, -0.1) is 0 Å². The van der Waals surface area contributed by atoms with Gasteiger partial charge in [-0.2, -0.15) is 0 Å². The third-order valence-electron chi connectivity index (χ3n) is 7.46. The number of rotatable bonds is 7. The molecule has 2 aromatic rings. The van der Waals surface area contributed by atoms with Crippen LogP contribution >= 0.6 is 0 Å². The quantitative estimate of drug-likeness (QED) is 0.436. The summed E-state index contributed by atoms with van der Waals surface area (Å²) in [7, 11) is 1.73. The van der Waals surface area contributed by atoms with Crippen molar-refractivity contribution in [1.29, 1.82) is 0 Å². The number of pyridine rings is 1. The van der Waals surface area contributed by atoms with Gasteiger partial charge >= 0.3 is 6.03 Å². The predicted molar refractivity (Wildman–Crippen MR) is 165 cm³/mol. The van der Waals surface area contributed by atoms with Gasteiger partial charge in [-0.25, -0.2) is 4.79 Å². The van der Waals surface area contributed by atoms with Crippen molar-refractivity contribution in [3.8, 4) is 5.75 Å². The van der Waals surface area contributed by atoms with Crippen LogP contribution in [-0.4, -0.2) is 95.4 Å². The Balaban J connectivity index is 1.94. The third-order valence-corrected chi connectivity index (χ3v) is 7.46. The molecule has 0 aliphatic carbocycles. The second kappa shape index (κ2) is 16.2. The van der Waals surface area contributed by atoms with Gasteiger partial charge in [-0.05, 0) is 77.3 Å². The molecule has 3 rings (SSSR count). The summed E-state index contributed by atoms with van der Waals surface area (Å²) in [6.07, 6.45) is 5.01. The molecule has 0 unspecified atom stereocenters.